The van der Waals surface area contributed by atoms with Crippen molar-refractivity contribution >= 4 is 0 Å². The summed E-state index contributed by atoms with van der Waals surface area (Å²) in [5.74, 6) is 0.677. The van der Waals surface area contributed by atoms with Crippen LogP contribution in [0.4, 0.5) is 0 Å². The monoisotopic (exact) mass is 197 g/mol. The molecule has 2 atom stereocenters. The van der Waals surface area contributed by atoms with Crippen LogP contribution in [0, 0.1) is 17.2 Å². The van der Waals surface area contributed by atoms with Crippen molar-refractivity contribution in [3.05, 3.63) is 0 Å². The standard InChI is InChI=1S/C12H23NO/c1-4-6-7-12(5-2)10-14-11(3)8-9-13/h11-12H,4-8,10H2,1-3H3. The molecular formula is C12H23NO. The maximum absolute atomic E-state index is 8.47. The average molecular weight is 197 g/mol. The first-order valence-electron chi connectivity index (χ1n) is 5.73. The highest BCUT2D eigenvalue weighted by molar-refractivity contribution is 4.73. The van der Waals surface area contributed by atoms with Gasteiger partial charge in [0, 0.05) is 6.61 Å². The van der Waals surface area contributed by atoms with Crippen LogP contribution in [0.25, 0.3) is 0 Å². The molecule has 0 aliphatic heterocycles. The minimum atomic E-state index is 0.0932. The minimum Gasteiger partial charge on any atom is -0.377 e. The molecule has 0 rings (SSSR count). The summed E-state index contributed by atoms with van der Waals surface area (Å²) in [6.45, 7) is 7.21. The molecule has 0 heterocycles. The van der Waals surface area contributed by atoms with Crippen LogP contribution in [0.2, 0.25) is 0 Å². The fourth-order valence-corrected chi connectivity index (χ4v) is 1.39. The van der Waals surface area contributed by atoms with Crippen LogP contribution in [-0.4, -0.2) is 12.7 Å². The highest BCUT2D eigenvalue weighted by atomic mass is 16.5. The lowest BCUT2D eigenvalue weighted by Gasteiger charge is -2.17. The van der Waals surface area contributed by atoms with Crippen LogP contribution in [0.15, 0.2) is 0 Å². The van der Waals surface area contributed by atoms with E-state index in [0.29, 0.717) is 12.3 Å². The zero-order valence-electron chi connectivity index (χ0n) is 9.75. The van der Waals surface area contributed by atoms with Crippen LogP contribution >= 0.6 is 0 Å². The van der Waals surface area contributed by atoms with Crippen LogP contribution in [0.1, 0.15) is 52.9 Å². The Morgan fingerprint density at radius 3 is 2.57 bits per heavy atom. The summed E-state index contributed by atoms with van der Waals surface area (Å²) in [6.07, 6.45) is 5.57. The van der Waals surface area contributed by atoms with Crippen molar-refractivity contribution in [3.63, 3.8) is 0 Å². The van der Waals surface area contributed by atoms with Gasteiger partial charge in [0.25, 0.3) is 0 Å². The van der Waals surface area contributed by atoms with Crippen molar-refractivity contribution in [2.45, 2.75) is 59.0 Å². The lowest BCUT2D eigenvalue weighted by atomic mass is 10.0. The second kappa shape index (κ2) is 9.02. The molecule has 2 nitrogen and oxygen atoms in total. The van der Waals surface area contributed by atoms with Crippen LogP contribution in [-0.2, 0) is 4.74 Å². The summed E-state index contributed by atoms with van der Waals surface area (Å²) in [6, 6.07) is 2.13. The number of hydrogen-bond donors (Lipinski definition) is 0. The van der Waals surface area contributed by atoms with Crippen molar-refractivity contribution in [2.24, 2.45) is 5.92 Å². The van der Waals surface area contributed by atoms with Gasteiger partial charge in [0.05, 0.1) is 18.6 Å². The van der Waals surface area contributed by atoms with Gasteiger partial charge in [0.15, 0.2) is 0 Å². The number of unbranched alkanes of at least 4 members (excludes halogenated alkanes) is 1. The van der Waals surface area contributed by atoms with E-state index < -0.39 is 0 Å². The SMILES string of the molecule is CCCCC(CC)COC(C)CC#N. The van der Waals surface area contributed by atoms with Gasteiger partial charge in [-0.05, 0) is 19.3 Å². The third-order valence-electron chi connectivity index (χ3n) is 2.54. The van der Waals surface area contributed by atoms with Crippen molar-refractivity contribution < 1.29 is 4.74 Å². The number of ether oxygens (including phenoxy) is 1. The van der Waals surface area contributed by atoms with Crippen LogP contribution in [0.5, 0.6) is 0 Å². The van der Waals surface area contributed by atoms with Gasteiger partial charge in [0.1, 0.15) is 0 Å². The predicted molar refractivity (Wildman–Crippen MR) is 59.0 cm³/mol. The van der Waals surface area contributed by atoms with Crippen LogP contribution in [0.3, 0.4) is 0 Å². The molecule has 0 aliphatic carbocycles. The first-order valence-corrected chi connectivity index (χ1v) is 5.73. The highest BCUT2D eigenvalue weighted by Crippen LogP contribution is 2.14. The molecule has 14 heavy (non-hydrogen) atoms. The van der Waals surface area contributed by atoms with E-state index in [1.165, 1.54) is 25.7 Å². The molecule has 82 valence electrons. The number of hydrogen-bond acceptors (Lipinski definition) is 2. The van der Waals surface area contributed by atoms with Gasteiger partial charge in [-0.25, -0.2) is 0 Å². The molecule has 0 N–H and O–H groups in total. The first-order chi connectivity index (χ1) is 6.74. The number of nitrogens with zero attached hydrogens (tertiary/aromatic N) is 1. The third-order valence-corrected chi connectivity index (χ3v) is 2.54. The Hall–Kier alpha value is -0.550. The maximum Gasteiger partial charge on any atom is 0.0676 e. The van der Waals surface area contributed by atoms with Gasteiger partial charge >= 0.3 is 0 Å². The first kappa shape index (κ1) is 13.4. The minimum absolute atomic E-state index is 0.0932. The van der Waals surface area contributed by atoms with E-state index in [0.717, 1.165) is 6.61 Å². The fourth-order valence-electron chi connectivity index (χ4n) is 1.39. The number of rotatable bonds is 8. The molecule has 0 saturated carbocycles. The molecule has 0 amide bonds. The number of nitriles is 1. The van der Waals surface area contributed by atoms with E-state index in [4.69, 9.17) is 10.00 Å². The normalized spacial score (nSPS) is 14.7. The summed E-state index contributed by atoms with van der Waals surface area (Å²) in [5.41, 5.74) is 0. The summed E-state index contributed by atoms with van der Waals surface area (Å²) >= 11 is 0. The summed E-state index contributed by atoms with van der Waals surface area (Å²) in [7, 11) is 0. The summed E-state index contributed by atoms with van der Waals surface area (Å²) in [4.78, 5) is 0. The Kier molecular flexibility index (Phi) is 8.67. The van der Waals surface area contributed by atoms with Gasteiger partial charge in [-0.2, -0.15) is 5.26 Å². The van der Waals surface area contributed by atoms with Crippen molar-refractivity contribution in [2.75, 3.05) is 6.61 Å². The molecule has 2 unspecified atom stereocenters. The average Bonchev–Trinajstić information content (AvgIpc) is 2.19. The molecule has 0 saturated heterocycles. The molecule has 0 radical (unpaired) electrons. The van der Waals surface area contributed by atoms with E-state index in [2.05, 4.69) is 19.9 Å². The van der Waals surface area contributed by atoms with E-state index >= 15 is 0 Å². The molecule has 0 bridgehead atoms. The Balaban J connectivity index is 3.56. The predicted octanol–water partition coefficient (Wildman–Crippen LogP) is 3.52. The van der Waals surface area contributed by atoms with Crippen molar-refractivity contribution in [3.8, 4) is 6.07 Å². The second-order valence-electron chi connectivity index (χ2n) is 3.92. The Morgan fingerprint density at radius 1 is 1.36 bits per heavy atom. The summed E-state index contributed by atoms with van der Waals surface area (Å²) < 4.78 is 5.61. The third kappa shape index (κ3) is 6.91. The van der Waals surface area contributed by atoms with Gasteiger partial charge in [-0.15, -0.1) is 0 Å². The quantitative estimate of drug-likeness (QED) is 0.596. The molecule has 0 spiro atoms. The van der Waals surface area contributed by atoms with E-state index in [-0.39, 0.29) is 6.10 Å². The van der Waals surface area contributed by atoms with E-state index in [1.807, 2.05) is 6.92 Å². The highest BCUT2D eigenvalue weighted by Gasteiger charge is 2.08. The maximum atomic E-state index is 8.47. The molecule has 0 aromatic rings. The van der Waals surface area contributed by atoms with Crippen molar-refractivity contribution in [1.29, 1.82) is 5.26 Å². The molecule has 0 aromatic heterocycles. The van der Waals surface area contributed by atoms with Crippen LogP contribution < -0.4 is 0 Å². The molecule has 2 heteroatoms. The Labute approximate surface area is 88.3 Å². The molecule has 0 aliphatic rings. The lowest BCUT2D eigenvalue weighted by molar-refractivity contribution is 0.0394. The zero-order chi connectivity index (χ0) is 10.8. The summed E-state index contributed by atoms with van der Waals surface area (Å²) in [5, 5.41) is 8.47. The van der Waals surface area contributed by atoms with Gasteiger partial charge in [0.2, 0.25) is 0 Å². The molecule has 0 aromatic carbocycles. The Bertz CT molecular complexity index is 162. The zero-order valence-corrected chi connectivity index (χ0v) is 9.75. The van der Waals surface area contributed by atoms with E-state index in [9.17, 15) is 0 Å². The van der Waals surface area contributed by atoms with Gasteiger partial charge in [-0.3, -0.25) is 0 Å². The van der Waals surface area contributed by atoms with Gasteiger partial charge < -0.3 is 4.74 Å². The molecular weight excluding hydrogens is 174 g/mol. The lowest BCUT2D eigenvalue weighted by Crippen LogP contribution is -2.15. The molecule has 0 fully saturated rings. The van der Waals surface area contributed by atoms with Gasteiger partial charge in [-0.1, -0.05) is 33.1 Å². The fraction of sp³-hybridized carbons (Fsp3) is 0.917. The largest absolute Gasteiger partial charge is 0.377 e. The smallest absolute Gasteiger partial charge is 0.0676 e. The van der Waals surface area contributed by atoms with Crippen molar-refractivity contribution in [1.82, 2.24) is 0 Å². The topological polar surface area (TPSA) is 33.0 Å². The Morgan fingerprint density at radius 2 is 2.07 bits per heavy atom. The van der Waals surface area contributed by atoms with E-state index in [1.54, 1.807) is 0 Å². The second-order valence-corrected chi connectivity index (χ2v) is 3.92.